The molecule has 0 bridgehead atoms. The van der Waals surface area contributed by atoms with Crippen molar-refractivity contribution in [1.29, 1.82) is 0 Å². The first kappa shape index (κ1) is 27.2. The van der Waals surface area contributed by atoms with Gasteiger partial charge in [-0.3, -0.25) is 9.59 Å². The number of piperazine rings is 1. The molecule has 2 aromatic heterocycles. The number of pyridine rings is 1. The van der Waals surface area contributed by atoms with Crippen molar-refractivity contribution in [3.05, 3.63) is 66.5 Å². The van der Waals surface area contributed by atoms with Crippen LogP contribution < -0.4 is 10.1 Å². The van der Waals surface area contributed by atoms with Gasteiger partial charge in [-0.2, -0.15) is 0 Å². The van der Waals surface area contributed by atoms with E-state index in [1.54, 1.807) is 34.9 Å². The summed E-state index contributed by atoms with van der Waals surface area (Å²) in [6, 6.07) is 9.43. The number of rotatable bonds is 7. The molecule has 1 aromatic carbocycles. The fourth-order valence-electron chi connectivity index (χ4n) is 3.56. The second-order valence-corrected chi connectivity index (χ2v) is 9.94. The van der Waals surface area contributed by atoms with E-state index in [2.05, 4.69) is 21.9 Å². The first-order chi connectivity index (χ1) is 17.5. The van der Waals surface area contributed by atoms with Crippen molar-refractivity contribution in [2.45, 2.75) is 29.9 Å². The van der Waals surface area contributed by atoms with Crippen molar-refractivity contribution < 1.29 is 14.3 Å². The Morgan fingerprint density at radius 1 is 1.14 bits per heavy atom. The Morgan fingerprint density at radius 3 is 2.50 bits per heavy atom. The third-order valence-corrected chi connectivity index (χ3v) is 7.55. The Labute approximate surface area is 220 Å². The molecule has 3 heterocycles. The van der Waals surface area contributed by atoms with Crippen molar-refractivity contribution >= 4 is 45.9 Å². The van der Waals surface area contributed by atoms with Crippen molar-refractivity contribution in [1.82, 2.24) is 19.8 Å². The number of benzene rings is 1. The predicted octanol–water partition coefficient (Wildman–Crippen LogP) is 5.25. The van der Waals surface area contributed by atoms with Crippen LogP contribution in [0, 0.1) is 6.92 Å². The number of amides is 2. The molecule has 8 nitrogen and oxygen atoms in total. The van der Waals surface area contributed by atoms with Gasteiger partial charge in [0.05, 0.1) is 23.1 Å². The molecule has 1 aliphatic heterocycles. The molecule has 0 radical (unpaired) electrons. The van der Waals surface area contributed by atoms with Gasteiger partial charge in [-0.15, -0.1) is 0 Å². The standard InChI is InChI=1S/C24H25N5O3S2.C2H6/c1-4-21(30)28-9-11-29(12-10-28)23(31)17-14-19(16(2)13-18(17)32-3)33-22-15-26-24(34-22)27-20-7-5-6-8-25-20;1-2/h4-8,13-15H,1,9-12H2,2-3H3,(H,25,26,27);1-2H3. The number of methoxy groups -OCH3 is 1. The highest BCUT2D eigenvalue weighted by Gasteiger charge is 2.26. The summed E-state index contributed by atoms with van der Waals surface area (Å²) < 4.78 is 6.52. The van der Waals surface area contributed by atoms with Gasteiger partial charge in [-0.05, 0) is 42.8 Å². The molecule has 0 unspecified atom stereocenters. The first-order valence-corrected chi connectivity index (χ1v) is 13.3. The Kier molecular flexibility index (Phi) is 9.89. The normalized spacial score (nSPS) is 12.9. The fraction of sp³-hybridized carbons (Fsp3) is 0.308. The van der Waals surface area contributed by atoms with Crippen LogP contribution in [0.15, 0.2) is 64.5 Å². The van der Waals surface area contributed by atoms with E-state index in [1.165, 1.54) is 17.4 Å². The molecule has 2 amide bonds. The number of ether oxygens (including phenoxy) is 1. The number of thiazole rings is 1. The van der Waals surface area contributed by atoms with Crippen molar-refractivity contribution in [2.24, 2.45) is 0 Å². The van der Waals surface area contributed by atoms with Gasteiger partial charge < -0.3 is 19.9 Å². The molecular weight excluding hydrogens is 494 g/mol. The fourth-order valence-corrected chi connectivity index (χ4v) is 5.50. The Morgan fingerprint density at radius 2 is 1.86 bits per heavy atom. The number of hydrogen-bond donors (Lipinski definition) is 1. The zero-order valence-corrected chi connectivity index (χ0v) is 22.6. The number of aryl methyl sites for hydroxylation is 1. The second kappa shape index (κ2) is 13.1. The largest absolute Gasteiger partial charge is 0.496 e. The van der Waals surface area contributed by atoms with Crippen LogP contribution in [0.3, 0.4) is 0 Å². The summed E-state index contributed by atoms with van der Waals surface area (Å²) in [5.41, 5.74) is 1.52. The summed E-state index contributed by atoms with van der Waals surface area (Å²) >= 11 is 3.07. The minimum absolute atomic E-state index is 0.105. The lowest BCUT2D eigenvalue weighted by atomic mass is 10.1. The van der Waals surface area contributed by atoms with E-state index in [0.717, 1.165) is 25.6 Å². The molecule has 1 aliphatic rings. The lowest BCUT2D eigenvalue weighted by Gasteiger charge is -2.34. The Hall–Kier alpha value is -3.37. The molecule has 4 rings (SSSR count). The highest BCUT2D eigenvalue weighted by Crippen LogP contribution is 2.39. The van der Waals surface area contributed by atoms with Crippen LogP contribution in [0.25, 0.3) is 0 Å². The molecule has 0 saturated carbocycles. The third kappa shape index (κ3) is 6.64. The zero-order valence-electron chi connectivity index (χ0n) is 21.0. The van der Waals surface area contributed by atoms with Crippen LogP contribution in [0.1, 0.15) is 29.8 Å². The molecule has 1 fully saturated rings. The van der Waals surface area contributed by atoms with Crippen molar-refractivity contribution in [3.63, 3.8) is 0 Å². The summed E-state index contributed by atoms with van der Waals surface area (Å²) in [6.07, 6.45) is 4.84. The SMILES string of the molecule is C=CC(=O)N1CCN(C(=O)c2cc(Sc3cnc(Nc4ccccn4)s3)c(C)cc2OC)CC1.CC. The quantitative estimate of drug-likeness (QED) is 0.422. The van der Waals surface area contributed by atoms with Gasteiger partial charge in [0.25, 0.3) is 5.91 Å². The van der Waals surface area contributed by atoms with E-state index in [-0.39, 0.29) is 11.8 Å². The van der Waals surface area contributed by atoms with Gasteiger partial charge in [0.15, 0.2) is 5.13 Å². The van der Waals surface area contributed by atoms with Crippen LogP contribution >= 0.6 is 23.1 Å². The van der Waals surface area contributed by atoms with E-state index in [4.69, 9.17) is 4.74 Å². The van der Waals surface area contributed by atoms with E-state index in [1.807, 2.05) is 57.3 Å². The van der Waals surface area contributed by atoms with Crippen LogP contribution in [-0.2, 0) is 4.79 Å². The van der Waals surface area contributed by atoms with Gasteiger partial charge in [-0.1, -0.05) is 49.6 Å². The lowest BCUT2D eigenvalue weighted by molar-refractivity contribution is -0.127. The van der Waals surface area contributed by atoms with Gasteiger partial charge >= 0.3 is 0 Å². The number of nitrogens with zero attached hydrogens (tertiary/aromatic N) is 4. The topological polar surface area (TPSA) is 87.7 Å². The maximum absolute atomic E-state index is 13.3. The van der Waals surface area contributed by atoms with E-state index >= 15 is 0 Å². The number of carbonyl (C=O) groups excluding carboxylic acids is 2. The monoisotopic (exact) mass is 525 g/mol. The molecule has 36 heavy (non-hydrogen) atoms. The van der Waals surface area contributed by atoms with E-state index in [9.17, 15) is 9.59 Å². The number of anilines is 2. The molecule has 1 saturated heterocycles. The third-order valence-electron chi connectivity index (χ3n) is 5.38. The highest BCUT2D eigenvalue weighted by molar-refractivity contribution is 8.01. The van der Waals surface area contributed by atoms with E-state index in [0.29, 0.717) is 37.5 Å². The van der Waals surface area contributed by atoms with Crippen LogP contribution in [-0.4, -0.2) is 64.9 Å². The van der Waals surface area contributed by atoms with Crippen molar-refractivity contribution in [3.8, 4) is 5.75 Å². The summed E-state index contributed by atoms with van der Waals surface area (Å²) in [6.45, 7) is 11.4. The smallest absolute Gasteiger partial charge is 0.257 e. The minimum Gasteiger partial charge on any atom is -0.496 e. The zero-order chi connectivity index (χ0) is 26.1. The first-order valence-electron chi connectivity index (χ1n) is 11.7. The average molecular weight is 526 g/mol. The molecule has 10 heteroatoms. The van der Waals surface area contributed by atoms with Gasteiger partial charge in [-0.25, -0.2) is 9.97 Å². The number of carbonyl (C=O) groups is 2. The molecule has 0 atom stereocenters. The van der Waals surface area contributed by atoms with Gasteiger partial charge in [0.2, 0.25) is 5.91 Å². The molecule has 3 aromatic rings. The number of hydrogen-bond acceptors (Lipinski definition) is 8. The summed E-state index contributed by atoms with van der Waals surface area (Å²) in [7, 11) is 1.57. The van der Waals surface area contributed by atoms with Crippen LogP contribution in [0.5, 0.6) is 5.75 Å². The maximum Gasteiger partial charge on any atom is 0.257 e. The maximum atomic E-state index is 13.3. The Balaban J connectivity index is 0.00000176. The Bertz CT molecular complexity index is 1190. The van der Waals surface area contributed by atoms with Crippen LogP contribution in [0.2, 0.25) is 0 Å². The number of nitrogens with one attached hydrogen (secondary N) is 1. The molecule has 0 spiro atoms. The molecular formula is C26H31N5O3S2. The van der Waals surface area contributed by atoms with Crippen LogP contribution in [0.4, 0.5) is 10.9 Å². The molecule has 190 valence electrons. The average Bonchev–Trinajstić information content (AvgIpc) is 3.37. The predicted molar refractivity (Wildman–Crippen MR) is 146 cm³/mol. The number of aromatic nitrogens is 2. The highest BCUT2D eigenvalue weighted by atomic mass is 32.2. The van der Waals surface area contributed by atoms with E-state index < -0.39 is 0 Å². The molecule has 0 aliphatic carbocycles. The summed E-state index contributed by atoms with van der Waals surface area (Å²) in [4.78, 5) is 38.3. The second-order valence-electron chi connectivity index (χ2n) is 7.57. The van der Waals surface area contributed by atoms with Gasteiger partial charge in [0.1, 0.15) is 11.6 Å². The molecule has 1 N–H and O–H groups in total. The summed E-state index contributed by atoms with van der Waals surface area (Å²) in [5, 5.41) is 3.95. The van der Waals surface area contributed by atoms with Crippen molar-refractivity contribution in [2.75, 3.05) is 38.6 Å². The minimum atomic E-state index is -0.111. The lowest BCUT2D eigenvalue weighted by Crippen LogP contribution is -2.50. The summed E-state index contributed by atoms with van der Waals surface area (Å²) in [5.74, 6) is 1.06. The van der Waals surface area contributed by atoms with Gasteiger partial charge in [0, 0.05) is 37.3 Å².